The van der Waals surface area contributed by atoms with E-state index in [4.69, 9.17) is 4.74 Å². The highest BCUT2D eigenvalue weighted by atomic mass is 16.5. The van der Waals surface area contributed by atoms with E-state index in [2.05, 4.69) is 17.1 Å². The molecule has 1 aromatic rings. The minimum Gasteiger partial charge on any atom is -0.465 e. The van der Waals surface area contributed by atoms with Gasteiger partial charge in [-0.25, -0.2) is 4.79 Å². The SMILES string of the molecule is CCNC1CCCN(c2ccc(C(=O)OC)cc2)C1. The van der Waals surface area contributed by atoms with Crippen LogP contribution in [0.15, 0.2) is 24.3 Å². The molecule has 4 nitrogen and oxygen atoms in total. The highest BCUT2D eigenvalue weighted by Crippen LogP contribution is 2.20. The normalized spacial score (nSPS) is 19.3. The number of carbonyl (C=O) groups is 1. The van der Waals surface area contributed by atoms with Crippen molar-refractivity contribution < 1.29 is 9.53 Å². The average molecular weight is 262 g/mol. The molecule has 4 heteroatoms. The van der Waals surface area contributed by atoms with E-state index in [-0.39, 0.29) is 5.97 Å². The van der Waals surface area contributed by atoms with Gasteiger partial charge in [0, 0.05) is 24.8 Å². The van der Waals surface area contributed by atoms with Crippen LogP contribution in [0.3, 0.4) is 0 Å². The molecule has 1 N–H and O–H groups in total. The minimum absolute atomic E-state index is 0.282. The zero-order valence-corrected chi connectivity index (χ0v) is 11.7. The van der Waals surface area contributed by atoms with Gasteiger partial charge in [0.15, 0.2) is 0 Å². The first-order chi connectivity index (χ1) is 9.24. The number of ether oxygens (including phenoxy) is 1. The molecular weight excluding hydrogens is 240 g/mol. The van der Waals surface area contributed by atoms with Crippen molar-refractivity contribution >= 4 is 11.7 Å². The molecule has 0 bridgehead atoms. The number of likely N-dealkylation sites (N-methyl/N-ethyl adjacent to an activating group) is 1. The second-order valence-corrected chi connectivity index (χ2v) is 4.88. The van der Waals surface area contributed by atoms with E-state index in [1.807, 2.05) is 24.3 Å². The summed E-state index contributed by atoms with van der Waals surface area (Å²) in [5.41, 5.74) is 1.78. The lowest BCUT2D eigenvalue weighted by molar-refractivity contribution is 0.0601. The van der Waals surface area contributed by atoms with Crippen LogP contribution in [0.25, 0.3) is 0 Å². The molecule has 0 radical (unpaired) electrons. The Balaban J connectivity index is 2.03. The van der Waals surface area contributed by atoms with Gasteiger partial charge in [0.2, 0.25) is 0 Å². The second-order valence-electron chi connectivity index (χ2n) is 4.88. The largest absolute Gasteiger partial charge is 0.465 e. The minimum atomic E-state index is -0.282. The first kappa shape index (κ1) is 13.9. The van der Waals surface area contributed by atoms with Crippen LogP contribution >= 0.6 is 0 Å². The summed E-state index contributed by atoms with van der Waals surface area (Å²) < 4.78 is 4.71. The van der Waals surface area contributed by atoms with E-state index in [1.165, 1.54) is 25.6 Å². The summed E-state index contributed by atoms with van der Waals surface area (Å²) in [5.74, 6) is -0.282. The summed E-state index contributed by atoms with van der Waals surface area (Å²) in [6.07, 6.45) is 2.45. The van der Waals surface area contributed by atoms with Crippen LogP contribution < -0.4 is 10.2 Å². The highest BCUT2D eigenvalue weighted by Gasteiger charge is 2.19. The quantitative estimate of drug-likeness (QED) is 0.843. The fraction of sp³-hybridized carbons (Fsp3) is 0.533. The van der Waals surface area contributed by atoms with E-state index in [1.54, 1.807) is 0 Å². The monoisotopic (exact) mass is 262 g/mol. The standard InChI is InChI=1S/C15H22N2O2/c1-3-16-13-5-4-10-17(11-13)14-8-6-12(7-9-14)15(18)19-2/h6-9,13,16H,3-5,10-11H2,1-2H3. The van der Waals surface area contributed by atoms with Gasteiger partial charge in [-0.2, -0.15) is 0 Å². The van der Waals surface area contributed by atoms with Gasteiger partial charge in [-0.15, -0.1) is 0 Å². The van der Waals surface area contributed by atoms with Crippen LogP contribution in [0.5, 0.6) is 0 Å². The molecule has 1 aliphatic rings. The number of esters is 1. The molecule has 1 fully saturated rings. The van der Waals surface area contributed by atoms with Crippen molar-refractivity contribution in [3.8, 4) is 0 Å². The van der Waals surface area contributed by atoms with Gasteiger partial charge in [0.05, 0.1) is 12.7 Å². The van der Waals surface area contributed by atoms with Crippen molar-refractivity contribution in [3.63, 3.8) is 0 Å². The number of nitrogens with one attached hydrogen (secondary N) is 1. The molecule has 0 spiro atoms. The predicted octanol–water partition coefficient (Wildman–Crippen LogP) is 2.05. The highest BCUT2D eigenvalue weighted by molar-refractivity contribution is 5.89. The van der Waals surface area contributed by atoms with Gasteiger partial charge in [-0.05, 0) is 43.7 Å². The van der Waals surface area contributed by atoms with E-state index < -0.39 is 0 Å². The third-order valence-electron chi connectivity index (χ3n) is 3.57. The fourth-order valence-electron chi connectivity index (χ4n) is 2.59. The Bertz CT molecular complexity index is 415. The summed E-state index contributed by atoms with van der Waals surface area (Å²) in [6.45, 7) is 5.27. The first-order valence-electron chi connectivity index (χ1n) is 6.91. The lowest BCUT2D eigenvalue weighted by atomic mass is 10.0. The third kappa shape index (κ3) is 3.47. The number of methoxy groups -OCH3 is 1. The summed E-state index contributed by atoms with van der Waals surface area (Å²) in [5, 5.41) is 3.51. The van der Waals surface area contributed by atoms with Crippen LogP contribution in [-0.2, 0) is 4.74 Å². The van der Waals surface area contributed by atoms with Crippen LogP contribution in [0, 0.1) is 0 Å². The predicted molar refractivity (Wildman–Crippen MR) is 76.7 cm³/mol. The number of anilines is 1. The zero-order chi connectivity index (χ0) is 13.7. The molecule has 1 aliphatic heterocycles. The van der Waals surface area contributed by atoms with Crippen molar-refractivity contribution in [1.29, 1.82) is 0 Å². The summed E-state index contributed by atoms with van der Waals surface area (Å²) in [7, 11) is 1.40. The number of hydrogen-bond donors (Lipinski definition) is 1. The Kier molecular flexibility index (Phi) is 4.80. The van der Waals surface area contributed by atoms with Crippen LogP contribution in [-0.4, -0.2) is 38.8 Å². The number of rotatable bonds is 4. The van der Waals surface area contributed by atoms with Crippen LogP contribution in [0.1, 0.15) is 30.1 Å². The lowest BCUT2D eigenvalue weighted by Crippen LogP contribution is -2.45. The number of carbonyl (C=O) groups excluding carboxylic acids is 1. The first-order valence-corrected chi connectivity index (χ1v) is 6.91. The molecule has 0 aromatic heterocycles. The Hall–Kier alpha value is -1.55. The van der Waals surface area contributed by atoms with Crippen molar-refractivity contribution in [2.75, 3.05) is 31.6 Å². The van der Waals surface area contributed by atoms with E-state index >= 15 is 0 Å². The molecular formula is C15H22N2O2. The molecule has 0 saturated carbocycles. The number of benzene rings is 1. The maximum atomic E-state index is 11.4. The number of nitrogens with zero attached hydrogens (tertiary/aromatic N) is 1. The molecule has 104 valence electrons. The third-order valence-corrected chi connectivity index (χ3v) is 3.57. The molecule has 1 atom stereocenters. The molecule has 1 unspecified atom stereocenters. The maximum absolute atomic E-state index is 11.4. The van der Waals surface area contributed by atoms with E-state index in [0.29, 0.717) is 11.6 Å². The van der Waals surface area contributed by atoms with Gasteiger partial charge < -0.3 is 15.0 Å². The fourth-order valence-corrected chi connectivity index (χ4v) is 2.59. The molecule has 0 aliphatic carbocycles. The topological polar surface area (TPSA) is 41.6 Å². The van der Waals surface area contributed by atoms with Gasteiger partial charge in [0.1, 0.15) is 0 Å². The summed E-state index contributed by atoms with van der Waals surface area (Å²) >= 11 is 0. The van der Waals surface area contributed by atoms with Gasteiger partial charge in [-0.3, -0.25) is 0 Å². The number of piperidine rings is 1. The van der Waals surface area contributed by atoms with Gasteiger partial charge >= 0.3 is 5.97 Å². The molecule has 2 rings (SSSR count). The average Bonchev–Trinajstić information content (AvgIpc) is 2.47. The van der Waals surface area contributed by atoms with Crippen molar-refractivity contribution in [3.05, 3.63) is 29.8 Å². The van der Waals surface area contributed by atoms with Crippen LogP contribution in [0.2, 0.25) is 0 Å². The maximum Gasteiger partial charge on any atom is 0.337 e. The van der Waals surface area contributed by atoms with Crippen LogP contribution in [0.4, 0.5) is 5.69 Å². The molecule has 1 saturated heterocycles. The number of hydrogen-bond acceptors (Lipinski definition) is 4. The Labute approximate surface area is 114 Å². The van der Waals surface area contributed by atoms with Crippen molar-refractivity contribution in [1.82, 2.24) is 5.32 Å². The van der Waals surface area contributed by atoms with E-state index in [0.717, 1.165) is 19.6 Å². The van der Waals surface area contributed by atoms with Gasteiger partial charge in [-0.1, -0.05) is 6.92 Å². The van der Waals surface area contributed by atoms with E-state index in [9.17, 15) is 4.79 Å². The Morgan fingerprint density at radius 2 is 2.16 bits per heavy atom. The Morgan fingerprint density at radius 3 is 2.79 bits per heavy atom. The molecule has 1 aromatic carbocycles. The Morgan fingerprint density at radius 1 is 1.42 bits per heavy atom. The van der Waals surface area contributed by atoms with Crippen molar-refractivity contribution in [2.45, 2.75) is 25.8 Å². The molecule has 0 amide bonds. The van der Waals surface area contributed by atoms with Crippen molar-refractivity contribution in [2.24, 2.45) is 0 Å². The second kappa shape index (κ2) is 6.57. The summed E-state index contributed by atoms with van der Waals surface area (Å²) in [4.78, 5) is 13.8. The lowest BCUT2D eigenvalue weighted by Gasteiger charge is -2.34. The van der Waals surface area contributed by atoms with Gasteiger partial charge in [0.25, 0.3) is 0 Å². The molecule has 1 heterocycles. The zero-order valence-electron chi connectivity index (χ0n) is 11.7. The molecule has 19 heavy (non-hydrogen) atoms. The summed E-state index contributed by atoms with van der Waals surface area (Å²) in [6, 6.07) is 8.23. The smallest absolute Gasteiger partial charge is 0.337 e.